The van der Waals surface area contributed by atoms with Crippen molar-refractivity contribution in [3.05, 3.63) is 48.0 Å². The summed E-state index contributed by atoms with van der Waals surface area (Å²) < 4.78 is 0. The van der Waals surface area contributed by atoms with Crippen LogP contribution in [0.25, 0.3) is 0 Å². The second-order valence-electron chi connectivity index (χ2n) is 4.72. The molecule has 0 bridgehead atoms. The monoisotopic (exact) mass is 277 g/mol. The summed E-state index contributed by atoms with van der Waals surface area (Å²) in [6.45, 7) is 6.88. The second-order valence-corrected chi connectivity index (χ2v) is 4.72. The minimum Gasteiger partial charge on any atom is -0.481 e. The lowest BCUT2D eigenvalue weighted by Gasteiger charge is -2.22. The summed E-state index contributed by atoms with van der Waals surface area (Å²) in [5.74, 6) is -2.26. The third kappa shape index (κ3) is 4.85. The van der Waals surface area contributed by atoms with Crippen LogP contribution in [0, 0.1) is 5.92 Å². The molecule has 1 rings (SSSR count). The van der Waals surface area contributed by atoms with Crippen molar-refractivity contribution in [2.45, 2.75) is 13.5 Å². The van der Waals surface area contributed by atoms with Gasteiger partial charge in [-0.2, -0.15) is 0 Å². The molecule has 0 heterocycles. The van der Waals surface area contributed by atoms with Crippen LogP contribution < -0.4 is 0 Å². The summed E-state index contributed by atoms with van der Waals surface area (Å²) in [7, 11) is 0. The molecular weight excluding hydrogens is 258 g/mol. The first-order valence-electron chi connectivity index (χ1n) is 6.32. The maximum absolute atomic E-state index is 10.9. The number of benzene rings is 1. The Morgan fingerprint density at radius 1 is 1.30 bits per heavy atom. The third-order valence-corrected chi connectivity index (χ3v) is 2.95. The van der Waals surface area contributed by atoms with E-state index in [4.69, 9.17) is 10.2 Å². The van der Waals surface area contributed by atoms with E-state index in [1.165, 1.54) is 0 Å². The highest BCUT2D eigenvalue weighted by Crippen LogP contribution is 2.10. The molecule has 0 fully saturated rings. The summed E-state index contributed by atoms with van der Waals surface area (Å²) in [6, 6.07) is 6.57. The van der Waals surface area contributed by atoms with Gasteiger partial charge in [-0.1, -0.05) is 25.1 Å². The number of hydrogen-bond donors (Lipinski definition) is 2. The Labute approximate surface area is 118 Å². The lowest BCUT2D eigenvalue weighted by Crippen LogP contribution is -2.31. The number of carboxylic acids is 2. The van der Waals surface area contributed by atoms with E-state index in [2.05, 4.69) is 6.58 Å². The van der Waals surface area contributed by atoms with E-state index in [1.807, 2.05) is 4.90 Å². The molecule has 0 amide bonds. The van der Waals surface area contributed by atoms with Crippen LogP contribution in [-0.2, 0) is 11.3 Å². The summed E-state index contributed by atoms with van der Waals surface area (Å²) in [4.78, 5) is 23.6. The summed E-state index contributed by atoms with van der Waals surface area (Å²) in [6.07, 6.45) is 1.72. The molecule has 0 saturated carbocycles. The van der Waals surface area contributed by atoms with Gasteiger partial charge in [0.2, 0.25) is 0 Å². The molecular formula is C15H19NO4. The normalized spacial score (nSPS) is 12.1. The Morgan fingerprint density at radius 3 is 2.35 bits per heavy atom. The summed E-state index contributed by atoms with van der Waals surface area (Å²) in [5.41, 5.74) is 1.18. The van der Waals surface area contributed by atoms with E-state index in [0.717, 1.165) is 5.56 Å². The van der Waals surface area contributed by atoms with Gasteiger partial charge >= 0.3 is 11.9 Å². The first kappa shape index (κ1) is 15.9. The number of nitrogens with zero attached hydrogens (tertiary/aromatic N) is 1. The first-order valence-corrected chi connectivity index (χ1v) is 6.32. The van der Waals surface area contributed by atoms with Crippen LogP contribution in [0.15, 0.2) is 36.9 Å². The van der Waals surface area contributed by atoms with Crippen molar-refractivity contribution in [1.29, 1.82) is 0 Å². The van der Waals surface area contributed by atoms with Crippen LogP contribution in [0.5, 0.6) is 0 Å². The van der Waals surface area contributed by atoms with Gasteiger partial charge in [0.25, 0.3) is 0 Å². The van der Waals surface area contributed by atoms with Crippen molar-refractivity contribution >= 4 is 11.9 Å². The molecule has 2 N–H and O–H groups in total. The van der Waals surface area contributed by atoms with E-state index in [9.17, 15) is 9.59 Å². The fourth-order valence-corrected chi connectivity index (χ4v) is 1.86. The van der Waals surface area contributed by atoms with Crippen molar-refractivity contribution in [3.63, 3.8) is 0 Å². The zero-order chi connectivity index (χ0) is 15.1. The van der Waals surface area contributed by atoms with Crippen molar-refractivity contribution in [3.8, 4) is 0 Å². The van der Waals surface area contributed by atoms with E-state index in [-0.39, 0.29) is 5.56 Å². The minimum absolute atomic E-state index is 0.239. The van der Waals surface area contributed by atoms with Gasteiger partial charge in [0.05, 0.1) is 11.5 Å². The molecule has 0 aliphatic rings. The Hall–Kier alpha value is -2.14. The van der Waals surface area contributed by atoms with Crippen molar-refractivity contribution in [1.82, 2.24) is 4.90 Å². The average molecular weight is 277 g/mol. The van der Waals surface area contributed by atoms with Crippen molar-refractivity contribution in [2.75, 3.05) is 13.1 Å². The molecule has 1 atom stereocenters. The number of carbonyl (C=O) groups is 2. The molecule has 5 heteroatoms. The van der Waals surface area contributed by atoms with E-state index in [0.29, 0.717) is 19.6 Å². The van der Waals surface area contributed by atoms with Crippen molar-refractivity contribution < 1.29 is 19.8 Å². The van der Waals surface area contributed by atoms with Gasteiger partial charge in [0.15, 0.2) is 0 Å². The fourth-order valence-electron chi connectivity index (χ4n) is 1.86. The largest absolute Gasteiger partial charge is 0.481 e. The van der Waals surface area contributed by atoms with Gasteiger partial charge in [-0.15, -0.1) is 6.58 Å². The molecule has 0 aliphatic heterocycles. The van der Waals surface area contributed by atoms with Crippen LogP contribution in [0.2, 0.25) is 0 Å². The Balaban J connectivity index is 2.71. The number of aliphatic carboxylic acids is 1. The minimum atomic E-state index is -0.959. The highest BCUT2D eigenvalue weighted by atomic mass is 16.4. The molecule has 108 valence electrons. The molecule has 0 saturated heterocycles. The third-order valence-electron chi connectivity index (χ3n) is 2.95. The molecule has 1 aromatic rings. The second kappa shape index (κ2) is 7.45. The Bertz CT molecular complexity index is 481. The number of carboxylic acid groups (broad SMARTS) is 2. The predicted octanol–water partition coefficient (Wildman–Crippen LogP) is 2.09. The van der Waals surface area contributed by atoms with Gasteiger partial charge < -0.3 is 10.2 Å². The lowest BCUT2D eigenvalue weighted by atomic mass is 10.1. The van der Waals surface area contributed by atoms with Crippen LogP contribution in [-0.4, -0.2) is 40.1 Å². The zero-order valence-corrected chi connectivity index (χ0v) is 11.5. The number of hydrogen-bond acceptors (Lipinski definition) is 3. The molecule has 5 nitrogen and oxygen atoms in total. The molecule has 0 spiro atoms. The van der Waals surface area contributed by atoms with Crippen LogP contribution in [0.4, 0.5) is 0 Å². The van der Waals surface area contributed by atoms with Crippen LogP contribution in [0.3, 0.4) is 0 Å². The van der Waals surface area contributed by atoms with Gasteiger partial charge in [0, 0.05) is 19.6 Å². The maximum atomic E-state index is 10.9. The number of rotatable bonds is 8. The Morgan fingerprint density at radius 2 is 1.90 bits per heavy atom. The molecule has 1 unspecified atom stereocenters. The van der Waals surface area contributed by atoms with E-state index in [1.54, 1.807) is 37.3 Å². The van der Waals surface area contributed by atoms with Gasteiger partial charge in [-0.05, 0) is 17.7 Å². The average Bonchev–Trinajstić information content (AvgIpc) is 2.39. The SMILES string of the molecule is C=CCN(Cc1ccc(C(=O)O)cc1)CC(C)C(=O)O. The highest BCUT2D eigenvalue weighted by Gasteiger charge is 2.15. The smallest absolute Gasteiger partial charge is 0.335 e. The highest BCUT2D eigenvalue weighted by molar-refractivity contribution is 5.87. The van der Waals surface area contributed by atoms with E-state index < -0.39 is 17.9 Å². The zero-order valence-electron chi connectivity index (χ0n) is 11.5. The van der Waals surface area contributed by atoms with Gasteiger partial charge in [-0.3, -0.25) is 9.69 Å². The molecule has 20 heavy (non-hydrogen) atoms. The van der Waals surface area contributed by atoms with Crippen molar-refractivity contribution in [2.24, 2.45) is 5.92 Å². The van der Waals surface area contributed by atoms with E-state index >= 15 is 0 Å². The molecule has 0 radical (unpaired) electrons. The van der Waals surface area contributed by atoms with Gasteiger partial charge in [0.1, 0.15) is 0 Å². The first-order chi connectivity index (χ1) is 9.43. The summed E-state index contributed by atoms with van der Waals surface area (Å²) in [5, 5.41) is 17.8. The number of aromatic carboxylic acids is 1. The topological polar surface area (TPSA) is 77.8 Å². The Kier molecular flexibility index (Phi) is 5.93. The molecule has 1 aromatic carbocycles. The summed E-state index contributed by atoms with van der Waals surface area (Å²) >= 11 is 0. The maximum Gasteiger partial charge on any atom is 0.335 e. The fraction of sp³-hybridized carbons (Fsp3) is 0.333. The van der Waals surface area contributed by atoms with Crippen LogP contribution >= 0.6 is 0 Å². The van der Waals surface area contributed by atoms with Gasteiger partial charge in [-0.25, -0.2) is 4.79 Å². The van der Waals surface area contributed by atoms with Crippen LogP contribution in [0.1, 0.15) is 22.8 Å². The molecule has 0 aliphatic carbocycles. The quantitative estimate of drug-likeness (QED) is 0.711. The lowest BCUT2D eigenvalue weighted by molar-refractivity contribution is -0.141. The predicted molar refractivity (Wildman–Crippen MR) is 75.7 cm³/mol. The standard InChI is InChI=1S/C15H19NO4/c1-3-8-16(9-11(2)14(17)18)10-12-4-6-13(7-5-12)15(19)20/h3-7,11H,1,8-10H2,2H3,(H,17,18)(H,19,20). The molecule has 0 aromatic heterocycles.